The Morgan fingerprint density at radius 2 is 1.70 bits per heavy atom. The second-order valence-electron chi connectivity index (χ2n) is 5.66. The van der Waals surface area contributed by atoms with Crippen LogP contribution in [0.3, 0.4) is 0 Å². The first-order chi connectivity index (χ1) is 11.1. The normalized spacial score (nSPS) is 22.9. The number of ether oxygens (including phenoxy) is 1. The van der Waals surface area contributed by atoms with Crippen LogP contribution in [0.1, 0.15) is 23.2 Å². The van der Waals surface area contributed by atoms with E-state index in [0.29, 0.717) is 18.4 Å². The molecule has 0 radical (unpaired) electrons. The number of carbonyl (C=O) groups is 3. The van der Waals surface area contributed by atoms with Gasteiger partial charge in [0.1, 0.15) is 0 Å². The number of esters is 1. The molecular weight excluding hydrogens is 296 g/mol. The highest BCUT2D eigenvalue weighted by molar-refractivity contribution is 6.05. The maximum Gasteiger partial charge on any atom is 0.337 e. The fraction of sp³-hybridized carbons (Fsp3) is 0.353. The topological polar surface area (TPSA) is 75.7 Å². The molecule has 1 aromatic rings. The number of carbonyl (C=O) groups excluding carboxylic acids is 3. The monoisotopic (exact) mass is 314 g/mol. The van der Waals surface area contributed by atoms with Crippen LogP contribution in [0.15, 0.2) is 36.4 Å². The van der Waals surface area contributed by atoms with E-state index in [2.05, 4.69) is 10.1 Å². The second kappa shape index (κ2) is 6.24. The molecule has 0 bridgehead atoms. The minimum Gasteiger partial charge on any atom is -0.465 e. The van der Waals surface area contributed by atoms with Gasteiger partial charge in [-0.1, -0.05) is 12.2 Å². The zero-order chi connectivity index (χ0) is 16.4. The van der Waals surface area contributed by atoms with Crippen LogP contribution in [0.2, 0.25) is 0 Å². The number of nitrogens with one attached hydrogen (secondary N) is 1. The third-order valence-corrected chi connectivity index (χ3v) is 4.35. The molecule has 2 atom stereocenters. The van der Waals surface area contributed by atoms with E-state index >= 15 is 0 Å². The number of benzene rings is 1. The standard InChI is InChI=1S/C17H18N2O4/c1-23-17(22)11-6-8-12(9-7-11)18-10-19-15(20)13-4-2-3-5-14(13)16(19)21/h2-3,6-9,13-14,18H,4-5,10H2,1H3/t13-,14+. The molecule has 6 nitrogen and oxygen atoms in total. The number of anilines is 1. The van der Waals surface area contributed by atoms with Crippen molar-refractivity contribution in [2.75, 3.05) is 19.1 Å². The number of hydrogen-bond donors (Lipinski definition) is 1. The van der Waals surface area contributed by atoms with E-state index in [1.807, 2.05) is 12.2 Å². The van der Waals surface area contributed by atoms with E-state index < -0.39 is 5.97 Å². The molecule has 2 amide bonds. The maximum absolute atomic E-state index is 12.3. The summed E-state index contributed by atoms with van der Waals surface area (Å²) in [5, 5.41) is 3.05. The van der Waals surface area contributed by atoms with Gasteiger partial charge in [-0.15, -0.1) is 0 Å². The van der Waals surface area contributed by atoms with Gasteiger partial charge in [-0.25, -0.2) is 4.79 Å². The van der Waals surface area contributed by atoms with E-state index in [-0.39, 0.29) is 30.3 Å². The Morgan fingerprint density at radius 1 is 1.13 bits per heavy atom. The van der Waals surface area contributed by atoms with E-state index in [1.165, 1.54) is 12.0 Å². The molecule has 0 saturated carbocycles. The number of allylic oxidation sites excluding steroid dienone is 2. The molecule has 1 aliphatic heterocycles. The maximum atomic E-state index is 12.3. The summed E-state index contributed by atoms with van der Waals surface area (Å²) in [6.45, 7) is 0.141. The van der Waals surface area contributed by atoms with Gasteiger partial charge in [0.2, 0.25) is 11.8 Å². The highest BCUT2D eigenvalue weighted by Gasteiger charge is 2.46. The lowest BCUT2D eigenvalue weighted by atomic mass is 9.85. The lowest BCUT2D eigenvalue weighted by molar-refractivity contribution is -0.139. The molecule has 23 heavy (non-hydrogen) atoms. The molecule has 1 fully saturated rings. The second-order valence-corrected chi connectivity index (χ2v) is 5.66. The fourth-order valence-electron chi connectivity index (χ4n) is 3.04. The number of amides is 2. The summed E-state index contributed by atoms with van der Waals surface area (Å²) in [5.74, 6) is -1.05. The molecule has 1 aromatic carbocycles. The summed E-state index contributed by atoms with van der Waals surface area (Å²) in [7, 11) is 1.33. The van der Waals surface area contributed by atoms with Crippen molar-refractivity contribution in [1.82, 2.24) is 4.90 Å². The first kappa shape index (κ1) is 15.3. The molecule has 1 saturated heterocycles. The van der Waals surface area contributed by atoms with Crippen LogP contribution in [-0.2, 0) is 14.3 Å². The highest BCUT2D eigenvalue weighted by Crippen LogP contribution is 2.34. The van der Waals surface area contributed by atoms with E-state index in [1.54, 1.807) is 24.3 Å². The average Bonchev–Trinajstić information content (AvgIpc) is 2.84. The number of rotatable bonds is 4. The molecule has 2 aliphatic rings. The SMILES string of the molecule is COC(=O)c1ccc(NCN2C(=O)[C@H]3CC=CC[C@H]3C2=O)cc1. The Labute approximate surface area is 134 Å². The van der Waals surface area contributed by atoms with Gasteiger partial charge < -0.3 is 10.1 Å². The molecule has 1 heterocycles. The Kier molecular flexibility index (Phi) is 4.14. The van der Waals surface area contributed by atoms with Crippen molar-refractivity contribution >= 4 is 23.5 Å². The van der Waals surface area contributed by atoms with Crippen molar-refractivity contribution in [3.63, 3.8) is 0 Å². The predicted molar refractivity (Wildman–Crippen MR) is 83.5 cm³/mol. The Bertz CT molecular complexity index is 640. The van der Waals surface area contributed by atoms with E-state index in [9.17, 15) is 14.4 Å². The van der Waals surface area contributed by atoms with Crippen LogP contribution < -0.4 is 5.32 Å². The Morgan fingerprint density at radius 3 is 2.22 bits per heavy atom. The van der Waals surface area contributed by atoms with E-state index in [4.69, 9.17) is 0 Å². The summed E-state index contributed by atoms with van der Waals surface area (Å²) in [5.41, 5.74) is 1.18. The number of nitrogens with zero attached hydrogens (tertiary/aromatic N) is 1. The smallest absolute Gasteiger partial charge is 0.337 e. The quantitative estimate of drug-likeness (QED) is 0.521. The van der Waals surface area contributed by atoms with Crippen LogP contribution in [0.4, 0.5) is 5.69 Å². The third kappa shape index (κ3) is 2.84. The van der Waals surface area contributed by atoms with Gasteiger partial charge in [0.25, 0.3) is 0 Å². The van der Waals surface area contributed by atoms with Gasteiger partial charge in [-0.2, -0.15) is 0 Å². The summed E-state index contributed by atoms with van der Waals surface area (Å²) in [6, 6.07) is 6.69. The summed E-state index contributed by atoms with van der Waals surface area (Å²) in [6.07, 6.45) is 5.21. The van der Waals surface area contributed by atoms with Crippen LogP contribution in [-0.4, -0.2) is 36.5 Å². The van der Waals surface area contributed by atoms with Gasteiger partial charge in [-0.3, -0.25) is 14.5 Å². The number of hydrogen-bond acceptors (Lipinski definition) is 5. The van der Waals surface area contributed by atoms with Crippen LogP contribution in [0.25, 0.3) is 0 Å². The van der Waals surface area contributed by atoms with Crippen LogP contribution >= 0.6 is 0 Å². The van der Waals surface area contributed by atoms with Crippen molar-refractivity contribution < 1.29 is 19.1 Å². The Balaban J connectivity index is 1.63. The van der Waals surface area contributed by atoms with Crippen molar-refractivity contribution in [1.29, 1.82) is 0 Å². The van der Waals surface area contributed by atoms with Gasteiger partial charge in [-0.05, 0) is 37.1 Å². The molecule has 120 valence electrons. The zero-order valence-corrected chi connectivity index (χ0v) is 12.8. The summed E-state index contributed by atoms with van der Waals surface area (Å²) < 4.78 is 4.64. The number of likely N-dealkylation sites (tertiary alicyclic amines) is 1. The minimum absolute atomic E-state index is 0.108. The molecule has 0 aromatic heterocycles. The highest BCUT2D eigenvalue weighted by atomic mass is 16.5. The van der Waals surface area contributed by atoms with Crippen molar-refractivity contribution in [2.24, 2.45) is 11.8 Å². The summed E-state index contributed by atoms with van der Waals surface area (Å²) in [4.78, 5) is 37.3. The Hall–Kier alpha value is -2.63. The molecule has 1 aliphatic carbocycles. The third-order valence-electron chi connectivity index (χ3n) is 4.35. The van der Waals surface area contributed by atoms with Crippen LogP contribution in [0, 0.1) is 11.8 Å². The average molecular weight is 314 g/mol. The molecule has 3 rings (SSSR count). The number of methoxy groups -OCH3 is 1. The zero-order valence-electron chi connectivity index (χ0n) is 12.8. The largest absolute Gasteiger partial charge is 0.465 e. The first-order valence-electron chi connectivity index (χ1n) is 7.54. The van der Waals surface area contributed by atoms with Crippen LogP contribution in [0.5, 0.6) is 0 Å². The molecule has 6 heteroatoms. The molecule has 1 N–H and O–H groups in total. The molecule has 0 unspecified atom stereocenters. The lowest BCUT2D eigenvalue weighted by Gasteiger charge is -2.16. The van der Waals surface area contributed by atoms with Gasteiger partial charge in [0, 0.05) is 5.69 Å². The molecule has 0 spiro atoms. The fourth-order valence-corrected chi connectivity index (χ4v) is 3.04. The van der Waals surface area contributed by atoms with E-state index in [0.717, 1.165) is 5.69 Å². The van der Waals surface area contributed by atoms with Gasteiger partial charge in [0.05, 0.1) is 31.2 Å². The minimum atomic E-state index is -0.405. The lowest BCUT2D eigenvalue weighted by Crippen LogP contribution is -2.35. The predicted octanol–water partition coefficient (Wildman–Crippen LogP) is 1.79. The summed E-state index contributed by atoms with van der Waals surface area (Å²) >= 11 is 0. The number of imide groups is 1. The van der Waals surface area contributed by atoms with Crippen molar-refractivity contribution in [3.8, 4) is 0 Å². The van der Waals surface area contributed by atoms with Gasteiger partial charge >= 0.3 is 5.97 Å². The van der Waals surface area contributed by atoms with Crippen molar-refractivity contribution in [3.05, 3.63) is 42.0 Å². The number of fused-ring (bicyclic) bond motifs is 1. The van der Waals surface area contributed by atoms with Crippen molar-refractivity contribution in [2.45, 2.75) is 12.8 Å². The molecular formula is C17H18N2O4. The van der Waals surface area contributed by atoms with Gasteiger partial charge in [0.15, 0.2) is 0 Å². The first-order valence-corrected chi connectivity index (χ1v) is 7.54.